The molecule has 174 valence electrons. The maximum atomic E-state index is 6.27. The summed E-state index contributed by atoms with van der Waals surface area (Å²) in [5, 5.41) is 0.232. The van der Waals surface area contributed by atoms with Crippen LogP contribution in [-0.2, 0) is 13.0 Å². The van der Waals surface area contributed by atoms with Gasteiger partial charge in [-0.2, -0.15) is 0 Å². The Hall–Kier alpha value is -3.50. The molecule has 0 aromatic heterocycles. The lowest BCUT2D eigenvalue weighted by Crippen LogP contribution is -2.27. The molecule has 0 fully saturated rings. The molecule has 3 nitrogen and oxygen atoms in total. The molecule has 2 unspecified atom stereocenters. The molecule has 0 spiro atoms. The minimum absolute atomic E-state index is 0.232. The van der Waals surface area contributed by atoms with Gasteiger partial charge in [-0.1, -0.05) is 72.8 Å². The number of aliphatic imine (C=N–C) groups is 1. The SMILES string of the molecule is COc1ccc(C2Sc3ccccc3N=C3c4ccccc4CCC32)cc1OCc1ccccc1. The van der Waals surface area contributed by atoms with E-state index in [0.717, 1.165) is 35.6 Å². The van der Waals surface area contributed by atoms with Gasteiger partial charge in [0.05, 0.1) is 18.5 Å². The first-order valence-corrected chi connectivity index (χ1v) is 13.0. The molecule has 1 heterocycles. The fraction of sp³-hybridized carbons (Fsp3) is 0.194. The maximum absolute atomic E-state index is 6.27. The zero-order chi connectivity index (χ0) is 23.6. The van der Waals surface area contributed by atoms with Gasteiger partial charge in [0.2, 0.25) is 0 Å². The average molecular weight is 478 g/mol. The third kappa shape index (κ3) is 4.35. The lowest BCUT2D eigenvalue weighted by atomic mass is 9.78. The molecule has 0 N–H and O–H groups in total. The molecule has 4 aromatic carbocycles. The molecule has 0 saturated heterocycles. The van der Waals surface area contributed by atoms with E-state index in [1.807, 2.05) is 36.0 Å². The molecule has 4 heteroatoms. The molecule has 2 atom stereocenters. The molecule has 35 heavy (non-hydrogen) atoms. The Morgan fingerprint density at radius 2 is 1.66 bits per heavy atom. The van der Waals surface area contributed by atoms with Crippen molar-refractivity contribution >= 4 is 23.2 Å². The number of thioether (sulfide) groups is 1. The summed E-state index contributed by atoms with van der Waals surface area (Å²) in [5.74, 6) is 1.85. The second-order valence-corrected chi connectivity index (χ2v) is 10.2. The van der Waals surface area contributed by atoms with Crippen LogP contribution in [0.15, 0.2) is 107 Å². The van der Waals surface area contributed by atoms with Crippen LogP contribution in [0.1, 0.15) is 33.9 Å². The van der Waals surface area contributed by atoms with Gasteiger partial charge in [0.1, 0.15) is 6.61 Å². The predicted molar refractivity (Wildman–Crippen MR) is 143 cm³/mol. The number of hydrogen-bond acceptors (Lipinski definition) is 4. The largest absolute Gasteiger partial charge is 0.493 e. The molecule has 0 amide bonds. The monoisotopic (exact) mass is 477 g/mol. The molecular formula is C31H27NO2S. The van der Waals surface area contributed by atoms with Crippen LogP contribution >= 0.6 is 11.8 Å². The van der Waals surface area contributed by atoms with Crippen molar-refractivity contribution in [3.05, 3.63) is 119 Å². The summed E-state index contributed by atoms with van der Waals surface area (Å²) in [7, 11) is 1.70. The van der Waals surface area contributed by atoms with Gasteiger partial charge >= 0.3 is 0 Å². The molecule has 0 saturated carbocycles. The van der Waals surface area contributed by atoms with Crippen LogP contribution < -0.4 is 9.47 Å². The Bertz CT molecular complexity index is 1380. The van der Waals surface area contributed by atoms with Crippen LogP contribution in [0.2, 0.25) is 0 Å². The van der Waals surface area contributed by atoms with Crippen molar-refractivity contribution in [2.45, 2.75) is 29.6 Å². The third-order valence-electron chi connectivity index (χ3n) is 6.85. The molecule has 2 aliphatic rings. The van der Waals surface area contributed by atoms with E-state index in [-0.39, 0.29) is 5.25 Å². The minimum Gasteiger partial charge on any atom is -0.493 e. The lowest BCUT2D eigenvalue weighted by molar-refractivity contribution is 0.284. The van der Waals surface area contributed by atoms with Gasteiger partial charge in [0.25, 0.3) is 0 Å². The summed E-state index contributed by atoms with van der Waals surface area (Å²) in [6.45, 7) is 0.505. The van der Waals surface area contributed by atoms with Gasteiger partial charge in [-0.05, 0) is 59.4 Å². The quantitative estimate of drug-likeness (QED) is 0.294. The number of ether oxygens (including phenoxy) is 2. The number of benzene rings is 4. The summed E-state index contributed by atoms with van der Waals surface area (Å²) in [6.07, 6.45) is 2.15. The second-order valence-electron chi connectivity index (χ2n) is 8.99. The minimum atomic E-state index is 0.232. The van der Waals surface area contributed by atoms with Gasteiger partial charge in [0, 0.05) is 16.1 Å². The third-order valence-corrected chi connectivity index (χ3v) is 8.30. The van der Waals surface area contributed by atoms with Crippen LogP contribution in [0, 0.1) is 5.92 Å². The van der Waals surface area contributed by atoms with E-state index in [0.29, 0.717) is 12.5 Å². The van der Waals surface area contributed by atoms with Crippen LogP contribution in [0.5, 0.6) is 11.5 Å². The first kappa shape index (κ1) is 22.0. The molecular weight excluding hydrogens is 450 g/mol. The van der Waals surface area contributed by atoms with Gasteiger partial charge in [-0.3, -0.25) is 4.99 Å². The summed E-state index contributed by atoms with van der Waals surface area (Å²) in [4.78, 5) is 6.47. The van der Waals surface area contributed by atoms with E-state index < -0.39 is 0 Å². The van der Waals surface area contributed by atoms with Crippen molar-refractivity contribution in [2.75, 3.05) is 7.11 Å². The van der Waals surface area contributed by atoms with E-state index in [9.17, 15) is 0 Å². The van der Waals surface area contributed by atoms with Crippen molar-refractivity contribution in [2.24, 2.45) is 10.9 Å². The Morgan fingerprint density at radius 3 is 2.54 bits per heavy atom. The van der Waals surface area contributed by atoms with Crippen LogP contribution in [0.25, 0.3) is 0 Å². The highest BCUT2D eigenvalue weighted by Gasteiger charge is 2.36. The van der Waals surface area contributed by atoms with E-state index in [1.54, 1.807) is 7.11 Å². The number of para-hydroxylation sites is 1. The summed E-state index contributed by atoms with van der Waals surface area (Å²) < 4.78 is 11.9. The number of aryl methyl sites for hydroxylation is 1. The molecule has 6 rings (SSSR count). The number of hydrogen-bond donors (Lipinski definition) is 0. The van der Waals surface area contributed by atoms with E-state index in [1.165, 1.54) is 27.3 Å². The van der Waals surface area contributed by atoms with Crippen molar-refractivity contribution in [1.82, 2.24) is 0 Å². The molecule has 1 aliphatic heterocycles. The summed E-state index contributed by atoms with van der Waals surface area (Å²) >= 11 is 1.92. The normalized spacial score (nSPS) is 18.4. The van der Waals surface area contributed by atoms with Gasteiger partial charge in [-0.15, -0.1) is 11.8 Å². The van der Waals surface area contributed by atoms with Gasteiger partial charge < -0.3 is 9.47 Å². The number of nitrogens with zero attached hydrogens (tertiary/aromatic N) is 1. The second kappa shape index (κ2) is 9.63. The smallest absolute Gasteiger partial charge is 0.161 e. The molecule has 0 bridgehead atoms. The van der Waals surface area contributed by atoms with E-state index in [2.05, 4.69) is 72.8 Å². The zero-order valence-corrected chi connectivity index (χ0v) is 20.5. The maximum Gasteiger partial charge on any atom is 0.161 e. The zero-order valence-electron chi connectivity index (χ0n) is 19.7. The van der Waals surface area contributed by atoms with Crippen molar-refractivity contribution in [3.63, 3.8) is 0 Å². The summed E-state index contributed by atoms with van der Waals surface area (Å²) in [5.41, 5.74) is 7.33. The molecule has 1 aliphatic carbocycles. The van der Waals surface area contributed by atoms with Gasteiger partial charge in [-0.25, -0.2) is 0 Å². The highest BCUT2D eigenvalue weighted by atomic mass is 32.2. The number of rotatable bonds is 5. The first-order valence-electron chi connectivity index (χ1n) is 12.1. The Morgan fingerprint density at radius 1 is 0.857 bits per heavy atom. The van der Waals surface area contributed by atoms with Crippen LogP contribution in [0.4, 0.5) is 5.69 Å². The van der Waals surface area contributed by atoms with E-state index in [4.69, 9.17) is 14.5 Å². The topological polar surface area (TPSA) is 30.8 Å². The van der Waals surface area contributed by atoms with Crippen LogP contribution in [-0.4, -0.2) is 12.8 Å². The fourth-order valence-corrected chi connectivity index (χ4v) is 6.47. The van der Waals surface area contributed by atoms with Crippen LogP contribution in [0.3, 0.4) is 0 Å². The molecule has 4 aromatic rings. The molecule has 0 radical (unpaired) electrons. The number of fused-ring (bicyclic) bond motifs is 4. The highest BCUT2D eigenvalue weighted by molar-refractivity contribution is 7.99. The predicted octanol–water partition coefficient (Wildman–Crippen LogP) is 7.80. The number of methoxy groups -OCH3 is 1. The standard InChI is InChI=1S/C31H27NO2S/c1-33-27-18-16-23(19-28(27)34-20-21-9-3-2-4-10-21)31-25-17-15-22-11-5-6-12-24(22)30(25)32-26-13-7-8-14-29(26)35-31/h2-14,16,18-19,25,31H,15,17,20H2,1H3. The van der Waals surface area contributed by atoms with Gasteiger partial charge in [0.15, 0.2) is 11.5 Å². The Labute approximate surface area is 210 Å². The van der Waals surface area contributed by atoms with Crippen molar-refractivity contribution < 1.29 is 9.47 Å². The highest BCUT2D eigenvalue weighted by Crippen LogP contribution is 2.52. The lowest BCUT2D eigenvalue weighted by Gasteiger charge is -2.32. The Kier molecular flexibility index (Phi) is 6.05. The fourth-order valence-electron chi connectivity index (χ4n) is 5.09. The first-order chi connectivity index (χ1) is 17.3. The van der Waals surface area contributed by atoms with Crippen molar-refractivity contribution in [1.29, 1.82) is 0 Å². The van der Waals surface area contributed by atoms with E-state index >= 15 is 0 Å². The Balaban J connectivity index is 1.40. The average Bonchev–Trinajstić information content (AvgIpc) is 3.09. The van der Waals surface area contributed by atoms with Crippen molar-refractivity contribution in [3.8, 4) is 11.5 Å². The summed E-state index contributed by atoms with van der Waals surface area (Å²) in [6, 6.07) is 33.9.